The molecule has 3 unspecified atom stereocenters. The summed E-state index contributed by atoms with van der Waals surface area (Å²) in [6.07, 6.45) is 4.64. The normalized spacial score (nSPS) is 31.8. The summed E-state index contributed by atoms with van der Waals surface area (Å²) in [5, 5.41) is 2.31. The molecule has 0 bridgehead atoms. The first kappa shape index (κ1) is 14.0. The van der Waals surface area contributed by atoms with Gasteiger partial charge in [-0.15, -0.1) is 0 Å². The van der Waals surface area contributed by atoms with Gasteiger partial charge in [-0.25, -0.2) is 4.79 Å². The molecule has 3 atom stereocenters. The molecule has 5 heteroatoms. The van der Waals surface area contributed by atoms with E-state index < -0.39 is 17.9 Å². The highest BCUT2D eigenvalue weighted by Gasteiger charge is 2.41. The van der Waals surface area contributed by atoms with Crippen molar-refractivity contribution >= 4 is 17.8 Å². The van der Waals surface area contributed by atoms with Gasteiger partial charge in [-0.3, -0.25) is 19.8 Å². The van der Waals surface area contributed by atoms with Crippen molar-refractivity contribution in [2.75, 3.05) is 6.54 Å². The Kier molecular flexibility index (Phi) is 4.22. The highest BCUT2D eigenvalue weighted by atomic mass is 16.2. The number of nitrogens with one attached hydrogen (secondary N) is 1. The van der Waals surface area contributed by atoms with Crippen LogP contribution in [0.15, 0.2) is 0 Å². The molecule has 0 aromatic carbocycles. The van der Waals surface area contributed by atoms with Crippen LogP contribution in [0.4, 0.5) is 4.79 Å². The van der Waals surface area contributed by atoms with Crippen molar-refractivity contribution in [2.24, 2.45) is 17.8 Å². The molecule has 5 nitrogen and oxygen atoms in total. The summed E-state index contributed by atoms with van der Waals surface area (Å²) in [4.78, 5) is 37.0. The van der Waals surface area contributed by atoms with Crippen LogP contribution < -0.4 is 5.32 Å². The van der Waals surface area contributed by atoms with Crippen molar-refractivity contribution in [2.45, 2.75) is 46.0 Å². The summed E-state index contributed by atoms with van der Waals surface area (Å²) < 4.78 is 0. The second-order valence-electron chi connectivity index (χ2n) is 5.75. The zero-order chi connectivity index (χ0) is 14.0. The van der Waals surface area contributed by atoms with Crippen molar-refractivity contribution in [3.63, 3.8) is 0 Å². The summed E-state index contributed by atoms with van der Waals surface area (Å²) >= 11 is 0. The molecule has 0 aromatic rings. The molecule has 1 saturated carbocycles. The van der Waals surface area contributed by atoms with E-state index in [4.69, 9.17) is 0 Å². The van der Waals surface area contributed by atoms with Gasteiger partial charge in [0, 0.05) is 6.54 Å². The topological polar surface area (TPSA) is 66.5 Å². The Morgan fingerprint density at radius 2 is 2.00 bits per heavy atom. The number of nitrogens with zero attached hydrogens (tertiary/aromatic N) is 1. The van der Waals surface area contributed by atoms with Crippen LogP contribution in [0, 0.1) is 17.8 Å². The largest absolute Gasteiger partial charge is 0.330 e. The van der Waals surface area contributed by atoms with Crippen LogP contribution >= 0.6 is 0 Å². The highest BCUT2D eigenvalue weighted by Crippen LogP contribution is 2.32. The Labute approximate surface area is 113 Å². The molecule has 1 heterocycles. The minimum atomic E-state index is -0.681. The average molecular weight is 266 g/mol. The molecule has 1 aliphatic heterocycles. The lowest BCUT2D eigenvalue weighted by molar-refractivity contribution is -0.143. The van der Waals surface area contributed by atoms with Gasteiger partial charge in [0.25, 0.3) is 0 Å². The third-order valence-electron chi connectivity index (χ3n) is 4.39. The van der Waals surface area contributed by atoms with Gasteiger partial charge in [0.2, 0.25) is 11.8 Å². The minimum Gasteiger partial charge on any atom is -0.277 e. The van der Waals surface area contributed by atoms with E-state index >= 15 is 0 Å². The van der Waals surface area contributed by atoms with E-state index in [0.29, 0.717) is 24.8 Å². The van der Waals surface area contributed by atoms with E-state index in [-0.39, 0.29) is 5.91 Å². The Morgan fingerprint density at radius 3 is 2.58 bits per heavy atom. The first-order valence-electron chi connectivity index (χ1n) is 7.20. The molecule has 1 saturated heterocycles. The SMILES string of the molecule is CCCC1C(=O)NC(=O)N(CC2CCCC2C)C1=O. The zero-order valence-electron chi connectivity index (χ0n) is 11.6. The van der Waals surface area contributed by atoms with Gasteiger partial charge in [-0.05, 0) is 24.7 Å². The fraction of sp³-hybridized carbons (Fsp3) is 0.786. The van der Waals surface area contributed by atoms with Crippen molar-refractivity contribution in [1.29, 1.82) is 0 Å². The van der Waals surface area contributed by atoms with Gasteiger partial charge in [-0.1, -0.05) is 33.1 Å². The molecule has 19 heavy (non-hydrogen) atoms. The minimum absolute atomic E-state index is 0.310. The van der Waals surface area contributed by atoms with Crippen LogP contribution in [0.5, 0.6) is 0 Å². The lowest BCUT2D eigenvalue weighted by Crippen LogP contribution is -2.58. The predicted octanol–water partition coefficient (Wildman–Crippen LogP) is 1.92. The Hall–Kier alpha value is -1.39. The summed E-state index contributed by atoms with van der Waals surface area (Å²) in [5.41, 5.74) is 0. The highest BCUT2D eigenvalue weighted by molar-refractivity contribution is 6.16. The Balaban J connectivity index is 2.07. The number of hydrogen-bond donors (Lipinski definition) is 1. The van der Waals surface area contributed by atoms with Gasteiger partial charge in [0.05, 0.1) is 0 Å². The zero-order valence-corrected chi connectivity index (χ0v) is 11.6. The van der Waals surface area contributed by atoms with Crippen LogP contribution in [0.2, 0.25) is 0 Å². The van der Waals surface area contributed by atoms with E-state index in [9.17, 15) is 14.4 Å². The molecule has 106 valence electrons. The third-order valence-corrected chi connectivity index (χ3v) is 4.39. The number of imide groups is 2. The average Bonchev–Trinajstić information content (AvgIpc) is 2.76. The van der Waals surface area contributed by atoms with Crippen molar-refractivity contribution < 1.29 is 14.4 Å². The number of hydrogen-bond acceptors (Lipinski definition) is 3. The lowest BCUT2D eigenvalue weighted by atomic mass is 9.95. The van der Waals surface area contributed by atoms with Gasteiger partial charge in [0.15, 0.2) is 0 Å². The van der Waals surface area contributed by atoms with Crippen LogP contribution in [0.3, 0.4) is 0 Å². The fourth-order valence-electron chi connectivity index (χ4n) is 3.10. The van der Waals surface area contributed by atoms with Crippen molar-refractivity contribution in [3.8, 4) is 0 Å². The fourth-order valence-corrected chi connectivity index (χ4v) is 3.10. The Bertz CT molecular complexity index is 394. The molecule has 2 aliphatic rings. The number of urea groups is 1. The van der Waals surface area contributed by atoms with Gasteiger partial charge >= 0.3 is 6.03 Å². The first-order valence-corrected chi connectivity index (χ1v) is 7.20. The molecule has 1 N–H and O–H groups in total. The van der Waals surface area contributed by atoms with Gasteiger partial charge in [0.1, 0.15) is 5.92 Å². The molecular formula is C14H22N2O3. The van der Waals surface area contributed by atoms with Crippen LogP contribution in [0.1, 0.15) is 46.0 Å². The summed E-state index contributed by atoms with van der Waals surface area (Å²) in [6, 6.07) is -0.540. The maximum atomic E-state index is 12.3. The quantitative estimate of drug-likeness (QED) is 0.790. The lowest BCUT2D eigenvalue weighted by Gasteiger charge is -2.32. The second-order valence-corrected chi connectivity index (χ2v) is 5.75. The monoisotopic (exact) mass is 266 g/mol. The molecule has 0 aromatic heterocycles. The summed E-state index contributed by atoms with van der Waals surface area (Å²) in [7, 11) is 0. The summed E-state index contributed by atoms with van der Waals surface area (Å²) in [5.74, 6) is -0.505. The van der Waals surface area contributed by atoms with E-state index in [1.165, 1.54) is 4.90 Å². The molecule has 2 fully saturated rings. The third kappa shape index (κ3) is 2.80. The molecule has 1 aliphatic carbocycles. The number of carbonyl (C=O) groups is 3. The number of rotatable bonds is 4. The molecule has 2 rings (SSSR count). The van der Waals surface area contributed by atoms with Crippen LogP contribution in [-0.4, -0.2) is 29.3 Å². The summed E-state index contributed by atoms with van der Waals surface area (Å²) in [6.45, 7) is 4.55. The second kappa shape index (κ2) is 5.72. The van der Waals surface area contributed by atoms with E-state index in [1.54, 1.807) is 0 Å². The molecular weight excluding hydrogens is 244 g/mol. The smallest absolute Gasteiger partial charge is 0.277 e. The molecule has 0 spiro atoms. The Morgan fingerprint density at radius 1 is 1.26 bits per heavy atom. The van der Waals surface area contributed by atoms with Gasteiger partial charge < -0.3 is 0 Å². The van der Waals surface area contributed by atoms with Crippen molar-refractivity contribution in [3.05, 3.63) is 0 Å². The number of amides is 4. The van der Waals surface area contributed by atoms with Crippen LogP contribution in [0.25, 0.3) is 0 Å². The maximum absolute atomic E-state index is 12.3. The number of barbiturate groups is 1. The predicted molar refractivity (Wildman–Crippen MR) is 70.2 cm³/mol. The van der Waals surface area contributed by atoms with E-state index in [0.717, 1.165) is 25.7 Å². The van der Waals surface area contributed by atoms with E-state index in [1.807, 2.05) is 6.92 Å². The molecule has 0 radical (unpaired) electrons. The van der Waals surface area contributed by atoms with Crippen LogP contribution in [-0.2, 0) is 9.59 Å². The van der Waals surface area contributed by atoms with Gasteiger partial charge in [-0.2, -0.15) is 0 Å². The maximum Gasteiger partial charge on any atom is 0.330 e. The first-order chi connectivity index (χ1) is 9.04. The molecule has 4 amide bonds. The van der Waals surface area contributed by atoms with Crippen molar-refractivity contribution in [1.82, 2.24) is 10.2 Å². The number of carbonyl (C=O) groups excluding carboxylic acids is 3. The van der Waals surface area contributed by atoms with E-state index in [2.05, 4.69) is 12.2 Å². The standard InChI is InChI=1S/C14H22N2O3/c1-3-5-11-12(17)15-14(19)16(13(11)18)8-10-7-4-6-9(10)2/h9-11H,3-8H2,1-2H3,(H,15,17,19).